The van der Waals surface area contributed by atoms with E-state index in [0.717, 1.165) is 18.4 Å². The number of tetrazole rings is 1. The Morgan fingerprint density at radius 2 is 2.06 bits per heavy atom. The molecule has 0 aliphatic carbocycles. The van der Waals surface area contributed by atoms with Crippen molar-refractivity contribution in [1.82, 2.24) is 25.5 Å². The summed E-state index contributed by atoms with van der Waals surface area (Å²) in [5, 5.41) is 17.1. The van der Waals surface area contributed by atoms with E-state index in [9.17, 15) is 9.59 Å². The highest BCUT2D eigenvalue weighted by atomic mass is 35.5. The molecule has 0 saturated carbocycles. The summed E-state index contributed by atoms with van der Waals surface area (Å²) in [6.07, 6.45) is 1.10. The van der Waals surface area contributed by atoms with Crippen molar-refractivity contribution in [3.8, 4) is 0 Å². The summed E-state index contributed by atoms with van der Waals surface area (Å²) < 4.78 is 5.23. The lowest BCUT2D eigenvalue weighted by molar-refractivity contribution is 0.0704. The molecule has 10 heteroatoms. The van der Waals surface area contributed by atoms with E-state index in [1.807, 2.05) is 30.3 Å². The van der Waals surface area contributed by atoms with Gasteiger partial charge in [-0.3, -0.25) is 10.1 Å². The van der Waals surface area contributed by atoms with Crippen molar-refractivity contribution in [2.45, 2.75) is 25.4 Å². The zero-order valence-electron chi connectivity index (χ0n) is 16.6. The highest BCUT2D eigenvalue weighted by Gasteiger charge is 2.28. The maximum atomic E-state index is 13.1. The van der Waals surface area contributed by atoms with E-state index in [0.29, 0.717) is 35.2 Å². The molecule has 1 aromatic heterocycles. The quantitative estimate of drug-likeness (QED) is 0.626. The number of likely N-dealkylation sites (tertiary alicyclic amines) is 1. The fourth-order valence-electron chi connectivity index (χ4n) is 3.56. The van der Waals surface area contributed by atoms with Gasteiger partial charge in [-0.15, -0.1) is 10.2 Å². The Kier molecular flexibility index (Phi) is 6.42. The van der Waals surface area contributed by atoms with Crippen molar-refractivity contribution < 1.29 is 14.3 Å². The van der Waals surface area contributed by atoms with Gasteiger partial charge in [-0.2, -0.15) is 5.21 Å². The first kappa shape index (κ1) is 20.8. The standard InChI is InChI=1S/C21H21ClN6O3/c22-17-9-16(20(29)28-8-4-7-15(12-28)19-24-26-27-25-19)10-18(11-17)23-21(30)31-13-14-5-2-1-3-6-14/h1-3,5-6,9-11,15H,4,7-8,12-13H2,(H,23,30)(H,24,25,26,27)/t15-/m0/s1. The van der Waals surface area contributed by atoms with Crippen LogP contribution in [0.3, 0.4) is 0 Å². The second-order valence-electron chi connectivity index (χ2n) is 7.28. The Hall–Kier alpha value is -3.46. The number of amides is 2. The van der Waals surface area contributed by atoms with E-state index < -0.39 is 6.09 Å². The molecular weight excluding hydrogens is 420 g/mol. The predicted molar refractivity (Wildman–Crippen MR) is 114 cm³/mol. The molecule has 160 valence electrons. The third-order valence-corrected chi connectivity index (χ3v) is 5.26. The van der Waals surface area contributed by atoms with Crippen LogP contribution in [-0.4, -0.2) is 50.6 Å². The van der Waals surface area contributed by atoms with Gasteiger partial charge in [0.05, 0.1) is 0 Å². The van der Waals surface area contributed by atoms with Crippen molar-refractivity contribution >= 4 is 29.3 Å². The number of aromatic amines is 1. The van der Waals surface area contributed by atoms with Gasteiger partial charge in [-0.05, 0) is 36.6 Å². The van der Waals surface area contributed by atoms with Gasteiger partial charge >= 0.3 is 6.09 Å². The zero-order chi connectivity index (χ0) is 21.6. The smallest absolute Gasteiger partial charge is 0.411 e. The number of carbonyl (C=O) groups excluding carboxylic acids is 2. The molecule has 2 heterocycles. The summed E-state index contributed by atoms with van der Waals surface area (Å²) in [5.74, 6) is 0.463. The number of piperidine rings is 1. The molecule has 1 aliphatic heterocycles. The number of rotatable bonds is 5. The first-order chi connectivity index (χ1) is 15.1. The van der Waals surface area contributed by atoms with E-state index in [-0.39, 0.29) is 18.4 Å². The summed E-state index contributed by atoms with van der Waals surface area (Å²) in [6, 6.07) is 14.1. The molecule has 9 nitrogen and oxygen atoms in total. The molecule has 2 aromatic carbocycles. The topological polar surface area (TPSA) is 113 Å². The first-order valence-corrected chi connectivity index (χ1v) is 10.3. The number of benzene rings is 2. The molecule has 0 bridgehead atoms. The fourth-order valence-corrected chi connectivity index (χ4v) is 3.79. The SMILES string of the molecule is O=C(Nc1cc(Cl)cc(C(=O)N2CCC[C@H](c3nn[nH]n3)C2)c1)OCc1ccccc1. The average molecular weight is 441 g/mol. The second kappa shape index (κ2) is 9.57. The summed E-state index contributed by atoms with van der Waals surface area (Å²) in [4.78, 5) is 27.0. The van der Waals surface area contributed by atoms with Gasteiger partial charge in [0.15, 0.2) is 5.82 Å². The molecule has 0 radical (unpaired) electrons. The molecule has 1 saturated heterocycles. The van der Waals surface area contributed by atoms with Crippen LogP contribution in [0, 0.1) is 0 Å². The summed E-state index contributed by atoms with van der Waals surface area (Å²) >= 11 is 6.20. The van der Waals surface area contributed by atoms with Crippen LogP contribution in [0.1, 0.15) is 40.5 Å². The summed E-state index contributed by atoms with van der Waals surface area (Å²) in [7, 11) is 0. The Morgan fingerprint density at radius 3 is 2.84 bits per heavy atom. The van der Waals surface area contributed by atoms with Crippen LogP contribution in [0.4, 0.5) is 10.5 Å². The number of carbonyl (C=O) groups is 2. The van der Waals surface area contributed by atoms with Crippen molar-refractivity contribution in [2.24, 2.45) is 0 Å². The zero-order valence-corrected chi connectivity index (χ0v) is 17.4. The van der Waals surface area contributed by atoms with Gasteiger partial charge < -0.3 is 9.64 Å². The molecular formula is C21H21ClN6O3. The largest absolute Gasteiger partial charge is 0.444 e. The van der Waals surface area contributed by atoms with Gasteiger partial charge in [0.1, 0.15) is 6.61 Å². The summed E-state index contributed by atoms with van der Waals surface area (Å²) in [6.45, 7) is 1.26. The van der Waals surface area contributed by atoms with E-state index in [4.69, 9.17) is 16.3 Å². The Labute approximate surface area is 183 Å². The number of halogens is 1. The highest BCUT2D eigenvalue weighted by Crippen LogP contribution is 2.26. The predicted octanol–water partition coefficient (Wildman–Crippen LogP) is 3.62. The Balaban J connectivity index is 1.40. The van der Waals surface area contributed by atoms with Crippen molar-refractivity contribution in [3.05, 3.63) is 70.5 Å². The van der Waals surface area contributed by atoms with E-state index in [1.54, 1.807) is 23.1 Å². The van der Waals surface area contributed by atoms with Crippen LogP contribution >= 0.6 is 11.6 Å². The third-order valence-electron chi connectivity index (χ3n) is 5.04. The molecule has 0 unspecified atom stereocenters. The highest BCUT2D eigenvalue weighted by molar-refractivity contribution is 6.31. The Bertz CT molecular complexity index is 1040. The molecule has 1 aliphatic rings. The minimum atomic E-state index is -0.625. The number of H-pyrrole nitrogens is 1. The van der Waals surface area contributed by atoms with Crippen LogP contribution in [0.5, 0.6) is 0 Å². The van der Waals surface area contributed by atoms with Crippen LogP contribution in [0.25, 0.3) is 0 Å². The number of aromatic nitrogens is 4. The number of nitrogens with one attached hydrogen (secondary N) is 2. The van der Waals surface area contributed by atoms with Gasteiger partial charge in [-0.1, -0.05) is 47.1 Å². The average Bonchev–Trinajstić information content (AvgIpc) is 3.33. The van der Waals surface area contributed by atoms with Gasteiger partial charge in [0.2, 0.25) is 0 Å². The molecule has 1 atom stereocenters. The van der Waals surface area contributed by atoms with Gasteiger partial charge in [-0.25, -0.2) is 4.79 Å². The molecule has 3 aromatic rings. The monoisotopic (exact) mass is 440 g/mol. The van der Waals surface area contributed by atoms with Crippen LogP contribution in [0.2, 0.25) is 5.02 Å². The molecule has 1 fully saturated rings. The number of ether oxygens (including phenoxy) is 1. The van der Waals surface area contributed by atoms with E-state index in [1.165, 1.54) is 0 Å². The molecule has 2 amide bonds. The van der Waals surface area contributed by atoms with Crippen molar-refractivity contribution in [2.75, 3.05) is 18.4 Å². The van der Waals surface area contributed by atoms with Crippen LogP contribution in [0.15, 0.2) is 48.5 Å². The van der Waals surface area contributed by atoms with Crippen molar-refractivity contribution in [3.63, 3.8) is 0 Å². The van der Waals surface area contributed by atoms with Crippen LogP contribution in [-0.2, 0) is 11.3 Å². The normalized spacial score (nSPS) is 16.0. The molecule has 2 N–H and O–H groups in total. The van der Waals surface area contributed by atoms with Crippen molar-refractivity contribution in [1.29, 1.82) is 0 Å². The Morgan fingerprint density at radius 1 is 1.23 bits per heavy atom. The molecule has 0 spiro atoms. The number of hydrogen-bond acceptors (Lipinski definition) is 6. The van der Waals surface area contributed by atoms with Gasteiger partial charge in [0.25, 0.3) is 5.91 Å². The number of nitrogens with zero attached hydrogens (tertiary/aromatic N) is 4. The lowest BCUT2D eigenvalue weighted by Gasteiger charge is -2.31. The number of anilines is 1. The first-order valence-electron chi connectivity index (χ1n) is 9.89. The maximum Gasteiger partial charge on any atom is 0.411 e. The van der Waals surface area contributed by atoms with E-state index >= 15 is 0 Å². The van der Waals surface area contributed by atoms with Crippen LogP contribution < -0.4 is 5.32 Å². The minimum absolute atomic E-state index is 0.0289. The molecule has 4 rings (SSSR count). The summed E-state index contributed by atoms with van der Waals surface area (Å²) in [5.41, 5.74) is 1.65. The number of hydrogen-bond donors (Lipinski definition) is 2. The molecule has 31 heavy (non-hydrogen) atoms. The minimum Gasteiger partial charge on any atom is -0.444 e. The van der Waals surface area contributed by atoms with Gasteiger partial charge in [0, 0.05) is 35.3 Å². The fraction of sp³-hybridized carbons (Fsp3) is 0.286. The third kappa shape index (κ3) is 5.37. The van der Waals surface area contributed by atoms with E-state index in [2.05, 4.69) is 25.9 Å². The maximum absolute atomic E-state index is 13.1. The lowest BCUT2D eigenvalue weighted by Crippen LogP contribution is -2.39. The second-order valence-corrected chi connectivity index (χ2v) is 7.71. The lowest BCUT2D eigenvalue weighted by atomic mass is 9.96.